The zero-order chi connectivity index (χ0) is 47.7. The molecule has 66 heavy (non-hydrogen) atoms. The summed E-state index contributed by atoms with van der Waals surface area (Å²) in [5, 5.41) is 9.64. The van der Waals surface area contributed by atoms with Crippen LogP contribution in [0.15, 0.2) is 48.6 Å². The number of ether oxygens (including phenoxy) is 2. The van der Waals surface area contributed by atoms with Crippen molar-refractivity contribution in [3.05, 3.63) is 48.6 Å². The molecule has 0 aliphatic carbocycles. The maximum atomic E-state index is 12.3. The molecule has 1 N–H and O–H groups in total. The number of rotatable bonds is 54. The van der Waals surface area contributed by atoms with Gasteiger partial charge in [-0.15, -0.1) is 0 Å². The van der Waals surface area contributed by atoms with Gasteiger partial charge in [0.15, 0.2) is 6.10 Å². The molecule has 0 heterocycles. The summed E-state index contributed by atoms with van der Waals surface area (Å²) in [6, 6.07) is 0. The summed E-state index contributed by atoms with van der Waals surface area (Å²) in [6.45, 7) is 4.13. The van der Waals surface area contributed by atoms with Crippen molar-refractivity contribution < 1.29 is 24.2 Å². The number of carbonyl (C=O) groups is 2. The van der Waals surface area contributed by atoms with Crippen LogP contribution in [0.4, 0.5) is 0 Å². The van der Waals surface area contributed by atoms with Gasteiger partial charge in [-0.25, -0.2) is 0 Å². The maximum Gasteiger partial charge on any atom is 0.306 e. The Morgan fingerprint density at radius 3 is 0.924 bits per heavy atom. The molecule has 0 aromatic heterocycles. The zero-order valence-electron chi connectivity index (χ0n) is 44.2. The van der Waals surface area contributed by atoms with E-state index in [1.165, 1.54) is 231 Å². The number of unbranched alkanes of at least 4 members (excludes halogenated alkanes) is 38. The van der Waals surface area contributed by atoms with E-state index in [4.69, 9.17) is 9.47 Å². The molecule has 0 aliphatic heterocycles. The third kappa shape index (κ3) is 54.5. The summed E-state index contributed by atoms with van der Waals surface area (Å²) in [5.41, 5.74) is 0. The second-order valence-electron chi connectivity index (χ2n) is 19.7. The first kappa shape index (κ1) is 63.9. The molecule has 5 nitrogen and oxygen atoms in total. The highest BCUT2D eigenvalue weighted by molar-refractivity contribution is 5.70. The Balaban J connectivity index is 3.41. The third-order valence-electron chi connectivity index (χ3n) is 13.1. The monoisotopic (exact) mass is 925 g/mol. The van der Waals surface area contributed by atoms with Gasteiger partial charge >= 0.3 is 11.9 Å². The molecule has 1 atom stereocenters. The SMILES string of the molecule is CCCCC/C=C\C/C=C\CCCCCCCCCC(=O)OCC(CO)OC(=O)CCCCCCCCCCCCCCCCCCCCCCCCC/C=C\C/C=C\CCCCCCC. The minimum atomic E-state index is -0.774. The van der Waals surface area contributed by atoms with E-state index < -0.39 is 6.10 Å². The predicted molar refractivity (Wildman–Crippen MR) is 288 cm³/mol. The van der Waals surface area contributed by atoms with Crippen molar-refractivity contribution in [1.29, 1.82) is 0 Å². The Hall–Kier alpha value is -2.14. The molecular weight excluding hydrogens is 813 g/mol. The van der Waals surface area contributed by atoms with Crippen LogP contribution in [-0.4, -0.2) is 36.4 Å². The smallest absolute Gasteiger partial charge is 0.306 e. The van der Waals surface area contributed by atoms with Crippen LogP contribution in [0.25, 0.3) is 0 Å². The van der Waals surface area contributed by atoms with Gasteiger partial charge in [0.05, 0.1) is 6.61 Å². The Morgan fingerprint density at radius 1 is 0.348 bits per heavy atom. The van der Waals surface area contributed by atoms with Gasteiger partial charge in [0, 0.05) is 12.8 Å². The van der Waals surface area contributed by atoms with Gasteiger partial charge in [0.2, 0.25) is 0 Å². The summed E-state index contributed by atoms with van der Waals surface area (Å²) in [6.07, 6.45) is 75.3. The van der Waals surface area contributed by atoms with Gasteiger partial charge in [-0.3, -0.25) is 9.59 Å². The van der Waals surface area contributed by atoms with E-state index in [9.17, 15) is 14.7 Å². The first-order chi connectivity index (χ1) is 32.6. The minimum absolute atomic E-state index is 0.0670. The average Bonchev–Trinajstić information content (AvgIpc) is 3.32. The largest absolute Gasteiger partial charge is 0.462 e. The Labute approximate surface area is 411 Å². The van der Waals surface area contributed by atoms with Crippen LogP contribution >= 0.6 is 0 Å². The molecule has 0 bridgehead atoms. The molecule has 386 valence electrons. The summed E-state index contributed by atoms with van der Waals surface area (Å²) < 4.78 is 10.7. The van der Waals surface area contributed by atoms with E-state index >= 15 is 0 Å². The van der Waals surface area contributed by atoms with Crippen molar-refractivity contribution in [2.24, 2.45) is 0 Å². The summed E-state index contributed by atoms with van der Waals surface area (Å²) in [7, 11) is 0. The second kappa shape index (κ2) is 57.2. The molecule has 0 aliphatic rings. The van der Waals surface area contributed by atoms with Crippen LogP contribution in [0, 0.1) is 0 Å². The number of aliphatic hydroxyl groups is 1. The summed E-state index contributed by atoms with van der Waals surface area (Å²) >= 11 is 0. The molecule has 0 aromatic carbocycles. The maximum absolute atomic E-state index is 12.3. The van der Waals surface area contributed by atoms with E-state index in [0.29, 0.717) is 12.8 Å². The first-order valence-electron chi connectivity index (χ1n) is 29.2. The molecule has 0 saturated heterocycles. The van der Waals surface area contributed by atoms with E-state index in [1.54, 1.807) is 0 Å². The molecule has 0 fully saturated rings. The minimum Gasteiger partial charge on any atom is -0.462 e. The molecule has 0 spiro atoms. The number of allylic oxidation sites excluding steroid dienone is 8. The lowest BCUT2D eigenvalue weighted by molar-refractivity contribution is -0.161. The van der Waals surface area contributed by atoms with Gasteiger partial charge in [-0.2, -0.15) is 0 Å². The fourth-order valence-electron chi connectivity index (χ4n) is 8.68. The van der Waals surface area contributed by atoms with Crippen molar-refractivity contribution in [2.45, 2.75) is 315 Å². The fourth-order valence-corrected chi connectivity index (χ4v) is 8.68. The van der Waals surface area contributed by atoms with Gasteiger partial charge in [0.1, 0.15) is 6.61 Å². The predicted octanol–water partition coefficient (Wildman–Crippen LogP) is 19.6. The first-order valence-corrected chi connectivity index (χ1v) is 29.2. The van der Waals surface area contributed by atoms with Crippen molar-refractivity contribution >= 4 is 11.9 Å². The van der Waals surface area contributed by atoms with Crippen LogP contribution in [-0.2, 0) is 19.1 Å². The Bertz CT molecular complexity index is 1090. The number of aliphatic hydroxyl groups excluding tert-OH is 1. The molecule has 1 unspecified atom stereocenters. The standard InChI is InChI=1S/C61H112O5/c1-3-5-7-9-11-13-15-17-19-21-22-23-24-25-26-27-28-29-30-31-32-33-34-35-36-37-38-40-42-44-46-48-50-52-54-56-61(64)66-59(57-62)58-65-60(63)55-53-51-49-47-45-43-41-39-20-18-16-14-12-10-8-6-4-2/h12,14-15,17-18,20-22,59,62H,3-11,13,16,19,23-58H2,1-2H3/b14-12-,17-15-,20-18-,22-21-. The molecule has 0 amide bonds. The molecule has 0 saturated carbocycles. The van der Waals surface area contributed by atoms with Crippen molar-refractivity contribution in [2.75, 3.05) is 13.2 Å². The van der Waals surface area contributed by atoms with Gasteiger partial charge in [0.25, 0.3) is 0 Å². The van der Waals surface area contributed by atoms with Gasteiger partial charge in [-0.05, 0) is 77.0 Å². The Kier molecular flexibility index (Phi) is 55.3. The van der Waals surface area contributed by atoms with E-state index in [-0.39, 0.29) is 25.2 Å². The van der Waals surface area contributed by atoms with Gasteiger partial charge in [-0.1, -0.05) is 268 Å². The van der Waals surface area contributed by atoms with Crippen LogP contribution in [0.3, 0.4) is 0 Å². The quantitative estimate of drug-likeness (QED) is 0.0374. The van der Waals surface area contributed by atoms with Gasteiger partial charge < -0.3 is 14.6 Å². The highest BCUT2D eigenvalue weighted by Gasteiger charge is 2.16. The van der Waals surface area contributed by atoms with Crippen LogP contribution < -0.4 is 0 Å². The van der Waals surface area contributed by atoms with Crippen LogP contribution in [0.2, 0.25) is 0 Å². The average molecular weight is 926 g/mol. The molecular formula is C61H112O5. The van der Waals surface area contributed by atoms with E-state index in [2.05, 4.69) is 62.5 Å². The van der Waals surface area contributed by atoms with Crippen molar-refractivity contribution in [3.8, 4) is 0 Å². The fraction of sp³-hybridized carbons (Fsp3) is 0.836. The lowest BCUT2D eigenvalue weighted by Gasteiger charge is -2.15. The van der Waals surface area contributed by atoms with Crippen LogP contribution in [0.1, 0.15) is 309 Å². The summed E-state index contributed by atoms with van der Waals surface area (Å²) in [5.74, 6) is -0.586. The molecule has 5 heteroatoms. The highest BCUT2D eigenvalue weighted by Crippen LogP contribution is 2.17. The van der Waals surface area contributed by atoms with Crippen molar-refractivity contribution in [1.82, 2.24) is 0 Å². The van der Waals surface area contributed by atoms with Crippen molar-refractivity contribution in [3.63, 3.8) is 0 Å². The zero-order valence-corrected chi connectivity index (χ0v) is 44.2. The number of carbonyl (C=O) groups excluding carboxylic acids is 2. The van der Waals surface area contributed by atoms with E-state index in [0.717, 1.165) is 51.4 Å². The lowest BCUT2D eigenvalue weighted by Crippen LogP contribution is -2.28. The highest BCUT2D eigenvalue weighted by atomic mass is 16.6. The second-order valence-corrected chi connectivity index (χ2v) is 19.7. The summed E-state index contributed by atoms with van der Waals surface area (Å²) in [4.78, 5) is 24.5. The molecule has 0 radical (unpaired) electrons. The molecule has 0 aromatic rings. The lowest BCUT2D eigenvalue weighted by atomic mass is 10.0. The normalized spacial score (nSPS) is 12.5. The Morgan fingerprint density at radius 2 is 0.606 bits per heavy atom. The van der Waals surface area contributed by atoms with E-state index in [1.807, 2.05) is 0 Å². The molecule has 0 rings (SSSR count). The third-order valence-corrected chi connectivity index (χ3v) is 13.1. The number of hydrogen-bond donors (Lipinski definition) is 1. The topological polar surface area (TPSA) is 72.8 Å². The number of hydrogen-bond acceptors (Lipinski definition) is 5. The van der Waals surface area contributed by atoms with Crippen LogP contribution in [0.5, 0.6) is 0 Å². The number of esters is 2.